The van der Waals surface area contributed by atoms with E-state index in [1.165, 1.54) is 10.8 Å². The molecule has 3 rings (SSSR count). The van der Waals surface area contributed by atoms with E-state index >= 15 is 0 Å². The first kappa shape index (κ1) is 10.8. The Labute approximate surface area is 106 Å². The SMILES string of the molecule is Cc1nn(C)c(-c2ccc3ccccc3c2)c1N. The molecule has 1 heterocycles. The predicted molar refractivity (Wildman–Crippen MR) is 75.3 cm³/mol. The number of rotatable bonds is 1. The molecule has 2 N–H and O–H groups in total. The molecule has 3 aromatic rings. The Bertz CT molecular complexity index is 726. The van der Waals surface area contributed by atoms with Gasteiger partial charge in [0, 0.05) is 12.6 Å². The van der Waals surface area contributed by atoms with Gasteiger partial charge in [-0.15, -0.1) is 0 Å². The number of nitrogen functional groups attached to an aromatic ring is 1. The summed E-state index contributed by atoms with van der Waals surface area (Å²) in [5.41, 5.74) is 9.82. The van der Waals surface area contributed by atoms with Crippen LogP contribution in [0.15, 0.2) is 42.5 Å². The van der Waals surface area contributed by atoms with Crippen molar-refractivity contribution >= 4 is 16.5 Å². The molecule has 0 aliphatic heterocycles. The summed E-state index contributed by atoms with van der Waals surface area (Å²) in [4.78, 5) is 0. The molecule has 0 saturated carbocycles. The predicted octanol–water partition coefficient (Wildman–Crippen LogP) is 3.13. The molecule has 0 unspecified atom stereocenters. The Morgan fingerprint density at radius 2 is 1.78 bits per heavy atom. The zero-order chi connectivity index (χ0) is 12.7. The van der Waals surface area contributed by atoms with E-state index in [9.17, 15) is 0 Å². The lowest BCUT2D eigenvalue weighted by Gasteiger charge is -2.05. The fourth-order valence-electron chi connectivity index (χ4n) is 2.35. The van der Waals surface area contributed by atoms with Crippen LogP contribution in [-0.4, -0.2) is 9.78 Å². The second kappa shape index (κ2) is 3.88. The third-order valence-corrected chi connectivity index (χ3v) is 3.29. The van der Waals surface area contributed by atoms with E-state index in [1.54, 1.807) is 0 Å². The first-order valence-corrected chi connectivity index (χ1v) is 5.95. The maximum absolute atomic E-state index is 6.10. The Balaban J connectivity index is 2.25. The zero-order valence-electron chi connectivity index (χ0n) is 10.5. The van der Waals surface area contributed by atoms with Crippen LogP contribution >= 0.6 is 0 Å². The number of aryl methyl sites for hydroxylation is 2. The molecule has 0 aliphatic carbocycles. The summed E-state index contributed by atoms with van der Waals surface area (Å²) < 4.78 is 1.84. The Morgan fingerprint density at radius 3 is 2.44 bits per heavy atom. The largest absolute Gasteiger partial charge is 0.395 e. The second-order valence-electron chi connectivity index (χ2n) is 4.53. The molecule has 3 heteroatoms. The molecule has 0 bridgehead atoms. The monoisotopic (exact) mass is 237 g/mol. The molecule has 0 aliphatic rings. The van der Waals surface area contributed by atoms with Gasteiger partial charge in [0.2, 0.25) is 0 Å². The quantitative estimate of drug-likeness (QED) is 0.706. The first-order valence-electron chi connectivity index (χ1n) is 5.95. The highest BCUT2D eigenvalue weighted by molar-refractivity contribution is 5.88. The van der Waals surface area contributed by atoms with Gasteiger partial charge in [-0.2, -0.15) is 5.10 Å². The summed E-state index contributed by atoms with van der Waals surface area (Å²) in [6.45, 7) is 1.93. The van der Waals surface area contributed by atoms with Crippen LogP contribution in [0, 0.1) is 6.92 Å². The fraction of sp³-hybridized carbons (Fsp3) is 0.133. The lowest BCUT2D eigenvalue weighted by molar-refractivity contribution is 0.764. The van der Waals surface area contributed by atoms with E-state index in [2.05, 4.69) is 35.4 Å². The number of nitrogens with zero attached hydrogens (tertiary/aromatic N) is 2. The van der Waals surface area contributed by atoms with Gasteiger partial charge < -0.3 is 5.73 Å². The van der Waals surface area contributed by atoms with Crippen LogP contribution in [-0.2, 0) is 7.05 Å². The minimum atomic E-state index is 0.757. The maximum atomic E-state index is 6.10. The summed E-state index contributed by atoms with van der Waals surface area (Å²) in [6.07, 6.45) is 0. The average molecular weight is 237 g/mol. The molecule has 18 heavy (non-hydrogen) atoms. The molecular weight excluding hydrogens is 222 g/mol. The van der Waals surface area contributed by atoms with Gasteiger partial charge in [0.15, 0.2) is 0 Å². The molecular formula is C15H15N3. The molecule has 1 aromatic heterocycles. The van der Waals surface area contributed by atoms with E-state index < -0.39 is 0 Å². The Morgan fingerprint density at radius 1 is 1.06 bits per heavy atom. The van der Waals surface area contributed by atoms with Crippen LogP contribution in [0.5, 0.6) is 0 Å². The van der Waals surface area contributed by atoms with Crippen molar-refractivity contribution in [3.63, 3.8) is 0 Å². The molecule has 0 fully saturated rings. The highest BCUT2D eigenvalue weighted by Gasteiger charge is 2.12. The van der Waals surface area contributed by atoms with Crippen molar-refractivity contribution in [2.24, 2.45) is 7.05 Å². The third kappa shape index (κ3) is 1.56. The van der Waals surface area contributed by atoms with Crippen molar-refractivity contribution in [1.29, 1.82) is 0 Å². The number of fused-ring (bicyclic) bond motifs is 1. The lowest BCUT2D eigenvalue weighted by atomic mass is 10.0. The normalized spacial score (nSPS) is 11.0. The maximum Gasteiger partial charge on any atom is 0.0911 e. The van der Waals surface area contributed by atoms with Crippen LogP contribution in [0.1, 0.15) is 5.69 Å². The molecule has 0 atom stereocenters. The van der Waals surface area contributed by atoms with E-state index in [1.807, 2.05) is 30.8 Å². The summed E-state index contributed by atoms with van der Waals surface area (Å²) in [7, 11) is 1.92. The highest BCUT2D eigenvalue weighted by Crippen LogP contribution is 2.30. The van der Waals surface area contributed by atoms with Crippen molar-refractivity contribution in [2.45, 2.75) is 6.92 Å². The fourth-order valence-corrected chi connectivity index (χ4v) is 2.35. The van der Waals surface area contributed by atoms with Gasteiger partial charge in [-0.25, -0.2) is 0 Å². The number of anilines is 1. The first-order chi connectivity index (χ1) is 8.66. The lowest BCUT2D eigenvalue weighted by Crippen LogP contribution is -1.95. The second-order valence-corrected chi connectivity index (χ2v) is 4.53. The van der Waals surface area contributed by atoms with Crippen molar-refractivity contribution in [3.8, 4) is 11.3 Å². The van der Waals surface area contributed by atoms with Crippen LogP contribution in [0.4, 0.5) is 5.69 Å². The van der Waals surface area contributed by atoms with Crippen molar-refractivity contribution in [2.75, 3.05) is 5.73 Å². The van der Waals surface area contributed by atoms with Crippen LogP contribution in [0.3, 0.4) is 0 Å². The minimum Gasteiger partial charge on any atom is -0.395 e. The smallest absolute Gasteiger partial charge is 0.0911 e. The summed E-state index contributed by atoms with van der Waals surface area (Å²) >= 11 is 0. The summed E-state index contributed by atoms with van der Waals surface area (Å²) in [5, 5.41) is 6.81. The van der Waals surface area contributed by atoms with Crippen LogP contribution < -0.4 is 5.73 Å². The van der Waals surface area contributed by atoms with Gasteiger partial charge in [-0.3, -0.25) is 4.68 Å². The summed E-state index contributed by atoms with van der Waals surface area (Å²) in [6, 6.07) is 14.7. The average Bonchev–Trinajstić information content (AvgIpc) is 2.63. The van der Waals surface area contributed by atoms with Crippen LogP contribution in [0.2, 0.25) is 0 Å². The van der Waals surface area contributed by atoms with Gasteiger partial charge >= 0.3 is 0 Å². The number of benzene rings is 2. The summed E-state index contributed by atoms with van der Waals surface area (Å²) in [5.74, 6) is 0. The molecule has 0 spiro atoms. The standard InChI is InChI=1S/C15H15N3/c1-10-14(16)15(18(2)17-10)13-8-7-11-5-3-4-6-12(11)9-13/h3-9H,16H2,1-2H3. The van der Waals surface area contributed by atoms with Gasteiger partial charge in [0.25, 0.3) is 0 Å². The number of hydrogen-bond acceptors (Lipinski definition) is 2. The van der Waals surface area contributed by atoms with Crippen LogP contribution in [0.25, 0.3) is 22.0 Å². The van der Waals surface area contributed by atoms with Gasteiger partial charge in [0.1, 0.15) is 0 Å². The number of hydrogen-bond donors (Lipinski definition) is 1. The van der Waals surface area contributed by atoms with Gasteiger partial charge in [-0.05, 0) is 23.8 Å². The van der Waals surface area contributed by atoms with Gasteiger partial charge in [0.05, 0.1) is 17.1 Å². The van der Waals surface area contributed by atoms with E-state index in [4.69, 9.17) is 5.73 Å². The Kier molecular flexibility index (Phi) is 2.33. The minimum absolute atomic E-state index is 0.757. The molecule has 90 valence electrons. The number of nitrogens with two attached hydrogens (primary N) is 1. The van der Waals surface area contributed by atoms with Gasteiger partial charge in [-0.1, -0.05) is 36.4 Å². The zero-order valence-corrected chi connectivity index (χ0v) is 10.5. The highest BCUT2D eigenvalue weighted by atomic mass is 15.3. The molecule has 0 radical (unpaired) electrons. The van der Waals surface area contributed by atoms with E-state index in [0.717, 1.165) is 22.6 Å². The molecule has 0 amide bonds. The van der Waals surface area contributed by atoms with Crippen molar-refractivity contribution < 1.29 is 0 Å². The van der Waals surface area contributed by atoms with Crippen molar-refractivity contribution in [1.82, 2.24) is 9.78 Å². The Hall–Kier alpha value is -2.29. The van der Waals surface area contributed by atoms with Crippen molar-refractivity contribution in [3.05, 3.63) is 48.2 Å². The topological polar surface area (TPSA) is 43.8 Å². The molecule has 3 nitrogen and oxygen atoms in total. The molecule has 0 saturated heterocycles. The third-order valence-electron chi connectivity index (χ3n) is 3.29. The molecule has 2 aromatic carbocycles. The van der Waals surface area contributed by atoms with E-state index in [0.29, 0.717) is 0 Å². The number of aromatic nitrogens is 2. The van der Waals surface area contributed by atoms with E-state index in [-0.39, 0.29) is 0 Å².